The fourth-order valence-electron chi connectivity index (χ4n) is 2.72. The lowest BCUT2D eigenvalue weighted by Crippen LogP contribution is -2.53. The third-order valence-electron chi connectivity index (χ3n) is 5.72. The molecule has 1 amide bonds. The minimum Gasteiger partial charge on any atom is -0.414 e. The van der Waals surface area contributed by atoms with E-state index in [1.165, 1.54) is 6.07 Å². The number of nitrogens with zero attached hydrogens (tertiary/aromatic N) is 1. The van der Waals surface area contributed by atoms with Crippen molar-refractivity contribution in [3.05, 3.63) is 52.8 Å². The van der Waals surface area contributed by atoms with E-state index in [1.807, 2.05) is 39.2 Å². The molecule has 0 aliphatic rings. The van der Waals surface area contributed by atoms with Gasteiger partial charge < -0.3 is 15.5 Å². The van der Waals surface area contributed by atoms with Crippen molar-refractivity contribution in [1.82, 2.24) is 9.88 Å². The van der Waals surface area contributed by atoms with E-state index >= 15 is 0 Å². The standard InChI is InChI=1S/C22H30F3N3O3Si/c1-21(2,3)32(4,5)31-14-18(22(23,24)25)27-19(29)13-28-17(12-11-16(26)20(28)30)15-9-7-6-8-10-15/h6-12,18H,13-14,26H2,1-5H3,(H,27,29). The van der Waals surface area contributed by atoms with Crippen LogP contribution in [0, 0.1) is 0 Å². The van der Waals surface area contributed by atoms with Gasteiger partial charge in [0.25, 0.3) is 5.56 Å². The minimum atomic E-state index is -4.71. The van der Waals surface area contributed by atoms with E-state index in [4.69, 9.17) is 10.2 Å². The number of pyridine rings is 1. The number of carbonyl (C=O) groups is 1. The number of amides is 1. The zero-order valence-corrected chi connectivity index (χ0v) is 19.9. The van der Waals surface area contributed by atoms with Gasteiger partial charge in [-0.05, 0) is 35.8 Å². The molecule has 0 aliphatic carbocycles. The number of hydrogen-bond donors (Lipinski definition) is 2. The molecule has 2 rings (SSSR count). The van der Waals surface area contributed by atoms with Crippen molar-refractivity contribution >= 4 is 19.9 Å². The molecule has 1 aromatic carbocycles. The summed E-state index contributed by atoms with van der Waals surface area (Å²) in [7, 11) is -2.46. The molecule has 0 fully saturated rings. The Hall–Kier alpha value is -2.59. The van der Waals surface area contributed by atoms with Crippen LogP contribution in [0.4, 0.5) is 18.9 Å². The fraction of sp³-hybridized carbons (Fsp3) is 0.455. The first-order valence-electron chi connectivity index (χ1n) is 10.2. The zero-order valence-electron chi connectivity index (χ0n) is 18.9. The first-order valence-corrected chi connectivity index (χ1v) is 13.1. The average Bonchev–Trinajstić information content (AvgIpc) is 2.67. The van der Waals surface area contributed by atoms with Crippen molar-refractivity contribution < 1.29 is 22.4 Å². The van der Waals surface area contributed by atoms with Crippen molar-refractivity contribution in [2.24, 2.45) is 0 Å². The summed E-state index contributed by atoms with van der Waals surface area (Å²) in [6.45, 7) is 8.11. The van der Waals surface area contributed by atoms with Gasteiger partial charge in [0.05, 0.1) is 18.0 Å². The molecule has 1 atom stereocenters. The van der Waals surface area contributed by atoms with Crippen molar-refractivity contribution in [2.75, 3.05) is 12.3 Å². The molecule has 0 aliphatic heterocycles. The Bertz CT molecular complexity index is 999. The lowest BCUT2D eigenvalue weighted by Gasteiger charge is -2.37. The number of anilines is 1. The molecule has 0 spiro atoms. The Labute approximate surface area is 186 Å². The van der Waals surface area contributed by atoms with Gasteiger partial charge in [-0.25, -0.2) is 0 Å². The van der Waals surface area contributed by atoms with Crippen molar-refractivity contribution in [1.29, 1.82) is 0 Å². The summed E-state index contributed by atoms with van der Waals surface area (Å²) in [5.74, 6) is -0.962. The number of alkyl halides is 3. The highest BCUT2D eigenvalue weighted by molar-refractivity contribution is 6.74. The molecular formula is C22H30F3N3O3Si. The van der Waals surface area contributed by atoms with Crippen LogP contribution >= 0.6 is 0 Å². The maximum Gasteiger partial charge on any atom is 0.410 e. The van der Waals surface area contributed by atoms with Crippen LogP contribution in [0.25, 0.3) is 11.3 Å². The topological polar surface area (TPSA) is 86.3 Å². The number of aromatic nitrogens is 1. The quantitative estimate of drug-likeness (QED) is 0.596. The van der Waals surface area contributed by atoms with E-state index in [0.29, 0.717) is 11.3 Å². The number of rotatable bonds is 7. The summed E-state index contributed by atoms with van der Waals surface area (Å²) >= 11 is 0. The third-order valence-corrected chi connectivity index (χ3v) is 10.2. The van der Waals surface area contributed by atoms with Crippen molar-refractivity contribution in [3.63, 3.8) is 0 Å². The Morgan fingerprint density at radius 3 is 2.25 bits per heavy atom. The maximum atomic E-state index is 13.6. The molecule has 0 saturated carbocycles. The summed E-state index contributed by atoms with van der Waals surface area (Å²) in [5.41, 5.74) is 5.94. The molecule has 2 aromatic rings. The number of nitrogens with two attached hydrogens (primary N) is 1. The van der Waals surface area contributed by atoms with Gasteiger partial charge in [0, 0.05) is 0 Å². The molecule has 10 heteroatoms. The molecule has 3 N–H and O–H groups in total. The Morgan fingerprint density at radius 1 is 1.12 bits per heavy atom. The smallest absolute Gasteiger partial charge is 0.410 e. The largest absolute Gasteiger partial charge is 0.414 e. The minimum absolute atomic E-state index is 0.105. The normalized spacial score (nSPS) is 13.6. The maximum absolute atomic E-state index is 13.6. The van der Waals surface area contributed by atoms with Crippen LogP contribution in [0.15, 0.2) is 47.3 Å². The molecule has 1 unspecified atom stereocenters. The number of hydrogen-bond acceptors (Lipinski definition) is 4. The van der Waals surface area contributed by atoms with E-state index in [0.717, 1.165) is 4.57 Å². The SMILES string of the molecule is CC(C)(C)[Si](C)(C)OCC(NC(=O)Cn1c(-c2ccccc2)ccc(N)c1=O)C(F)(F)F. The van der Waals surface area contributed by atoms with Gasteiger partial charge in [-0.15, -0.1) is 0 Å². The molecule has 32 heavy (non-hydrogen) atoms. The molecular weight excluding hydrogens is 439 g/mol. The van der Waals surface area contributed by atoms with Crippen LogP contribution in [0.3, 0.4) is 0 Å². The second kappa shape index (κ2) is 9.49. The zero-order chi connectivity index (χ0) is 24.3. The Balaban J connectivity index is 2.26. The van der Waals surface area contributed by atoms with Gasteiger partial charge in [-0.2, -0.15) is 13.2 Å². The lowest BCUT2D eigenvalue weighted by atomic mass is 10.1. The monoisotopic (exact) mass is 469 g/mol. The summed E-state index contributed by atoms with van der Waals surface area (Å²) in [6.07, 6.45) is -4.71. The van der Waals surface area contributed by atoms with Crippen LogP contribution in [0.2, 0.25) is 18.1 Å². The highest BCUT2D eigenvalue weighted by atomic mass is 28.4. The van der Waals surface area contributed by atoms with E-state index in [-0.39, 0.29) is 10.7 Å². The molecule has 1 heterocycles. The van der Waals surface area contributed by atoms with Gasteiger partial charge in [0.15, 0.2) is 8.32 Å². The molecule has 0 bridgehead atoms. The first-order chi connectivity index (χ1) is 14.6. The van der Waals surface area contributed by atoms with Crippen molar-refractivity contribution in [2.45, 2.75) is 57.7 Å². The van der Waals surface area contributed by atoms with Gasteiger partial charge in [-0.3, -0.25) is 14.2 Å². The van der Waals surface area contributed by atoms with Crippen LogP contribution in [-0.4, -0.2) is 37.6 Å². The predicted molar refractivity (Wildman–Crippen MR) is 122 cm³/mol. The van der Waals surface area contributed by atoms with Crippen LogP contribution in [0.5, 0.6) is 0 Å². The Kier molecular flexibility index (Phi) is 7.61. The summed E-state index contributed by atoms with van der Waals surface area (Å²) in [6, 6.07) is 9.51. The molecule has 1 aromatic heterocycles. The number of carbonyl (C=O) groups excluding carboxylic acids is 1. The highest BCUT2D eigenvalue weighted by Crippen LogP contribution is 2.37. The summed E-state index contributed by atoms with van der Waals surface area (Å²) in [5, 5.41) is 1.70. The van der Waals surface area contributed by atoms with E-state index in [1.54, 1.807) is 36.4 Å². The van der Waals surface area contributed by atoms with Crippen LogP contribution in [-0.2, 0) is 15.8 Å². The van der Waals surface area contributed by atoms with Crippen molar-refractivity contribution in [3.8, 4) is 11.3 Å². The second-order valence-corrected chi connectivity index (χ2v) is 14.0. The average molecular weight is 470 g/mol. The number of nitrogen functional groups attached to an aromatic ring is 1. The molecule has 176 valence electrons. The van der Waals surface area contributed by atoms with E-state index in [9.17, 15) is 22.8 Å². The Morgan fingerprint density at radius 2 is 1.72 bits per heavy atom. The molecule has 0 saturated heterocycles. The highest BCUT2D eigenvalue weighted by Gasteiger charge is 2.44. The molecule has 6 nitrogen and oxygen atoms in total. The number of nitrogens with one attached hydrogen (secondary N) is 1. The van der Waals surface area contributed by atoms with Gasteiger partial charge in [-0.1, -0.05) is 51.1 Å². The van der Waals surface area contributed by atoms with E-state index < -0.39 is 45.2 Å². The van der Waals surface area contributed by atoms with Crippen LogP contribution in [0.1, 0.15) is 20.8 Å². The third kappa shape index (κ3) is 6.23. The summed E-state index contributed by atoms with van der Waals surface area (Å²) < 4.78 is 47.6. The predicted octanol–water partition coefficient (Wildman–Crippen LogP) is 4.17. The first kappa shape index (κ1) is 25.7. The van der Waals surface area contributed by atoms with E-state index in [2.05, 4.69) is 0 Å². The van der Waals surface area contributed by atoms with Gasteiger partial charge in [0.1, 0.15) is 12.6 Å². The number of halogens is 3. The summed E-state index contributed by atoms with van der Waals surface area (Å²) in [4.78, 5) is 25.1. The lowest BCUT2D eigenvalue weighted by molar-refractivity contribution is -0.167. The van der Waals surface area contributed by atoms with Gasteiger partial charge in [0.2, 0.25) is 5.91 Å². The van der Waals surface area contributed by atoms with Gasteiger partial charge >= 0.3 is 6.18 Å². The second-order valence-electron chi connectivity index (χ2n) is 9.16. The molecule has 0 radical (unpaired) electrons. The number of benzene rings is 1. The fourth-order valence-corrected chi connectivity index (χ4v) is 3.74. The van der Waals surface area contributed by atoms with Crippen LogP contribution < -0.4 is 16.6 Å².